The molecule has 1 aromatic rings. The number of hydrogen-bond donors (Lipinski definition) is 2. The molecule has 122 valence electrons. The average Bonchev–Trinajstić information content (AvgIpc) is 2.53. The number of benzene rings is 1. The highest BCUT2D eigenvalue weighted by molar-refractivity contribution is 7.89. The number of hydrogen-bond acceptors (Lipinski definition) is 5. The van der Waals surface area contributed by atoms with E-state index in [9.17, 15) is 13.2 Å². The number of methoxy groups -OCH3 is 1. The second-order valence-electron chi connectivity index (χ2n) is 5.18. The monoisotopic (exact) mass is 327 g/mol. The van der Waals surface area contributed by atoms with Crippen LogP contribution in [0.1, 0.15) is 17.3 Å². The summed E-state index contributed by atoms with van der Waals surface area (Å²) in [5, 5.41) is 3.26. The zero-order valence-electron chi connectivity index (χ0n) is 12.9. The van der Waals surface area contributed by atoms with Crippen LogP contribution in [0, 0.1) is 0 Å². The van der Waals surface area contributed by atoms with Gasteiger partial charge >= 0.3 is 0 Å². The Bertz CT molecular complexity index is 660. The van der Waals surface area contributed by atoms with E-state index >= 15 is 0 Å². The van der Waals surface area contributed by atoms with Crippen molar-refractivity contribution in [2.45, 2.75) is 17.9 Å². The molecule has 1 atom stereocenters. The molecule has 0 aliphatic carbocycles. The number of carbonyl (C=O) groups excluding carboxylic acids is 1. The van der Waals surface area contributed by atoms with Crippen molar-refractivity contribution < 1.29 is 17.9 Å². The lowest BCUT2D eigenvalue weighted by atomic mass is 10.1. The van der Waals surface area contributed by atoms with Crippen molar-refractivity contribution in [3.63, 3.8) is 0 Å². The fourth-order valence-electron chi connectivity index (χ4n) is 2.43. The molecule has 0 spiro atoms. The summed E-state index contributed by atoms with van der Waals surface area (Å²) < 4.78 is 31.4. The van der Waals surface area contributed by atoms with Crippen LogP contribution >= 0.6 is 0 Å². The van der Waals surface area contributed by atoms with Crippen LogP contribution in [-0.4, -0.2) is 59.1 Å². The minimum absolute atomic E-state index is 0.0356. The van der Waals surface area contributed by atoms with E-state index in [1.165, 1.54) is 26.3 Å². The van der Waals surface area contributed by atoms with Gasteiger partial charge in [-0.2, -0.15) is 0 Å². The van der Waals surface area contributed by atoms with Crippen molar-refractivity contribution in [1.82, 2.24) is 14.9 Å². The van der Waals surface area contributed by atoms with Gasteiger partial charge in [-0.25, -0.2) is 13.1 Å². The van der Waals surface area contributed by atoms with E-state index in [0.29, 0.717) is 18.7 Å². The SMILES string of the molecule is CNS(=O)(=O)c1cc(C(=O)N2CCN[C@@H](C)C2)ccc1OC. The number of piperazine rings is 1. The summed E-state index contributed by atoms with van der Waals surface area (Å²) in [6.45, 7) is 3.93. The van der Waals surface area contributed by atoms with E-state index in [0.717, 1.165) is 6.54 Å². The molecule has 1 aliphatic rings. The standard InChI is InChI=1S/C14H21N3O4S/c1-10-9-17(7-6-16-10)14(18)11-4-5-12(21-3)13(8-11)22(19,20)15-2/h4-5,8,10,15-16H,6-7,9H2,1-3H3/t10-/m0/s1. The number of carbonyl (C=O) groups is 1. The van der Waals surface area contributed by atoms with E-state index < -0.39 is 10.0 Å². The number of nitrogens with one attached hydrogen (secondary N) is 2. The maximum Gasteiger partial charge on any atom is 0.253 e. The predicted molar refractivity (Wildman–Crippen MR) is 82.6 cm³/mol. The lowest BCUT2D eigenvalue weighted by Gasteiger charge is -2.32. The van der Waals surface area contributed by atoms with Crippen LogP contribution in [0.25, 0.3) is 0 Å². The number of sulfonamides is 1. The van der Waals surface area contributed by atoms with Crippen molar-refractivity contribution in [3.8, 4) is 5.75 Å². The number of rotatable bonds is 4. The Hall–Kier alpha value is -1.64. The molecule has 1 heterocycles. The minimum Gasteiger partial charge on any atom is -0.495 e. The van der Waals surface area contributed by atoms with Crippen molar-refractivity contribution in [2.75, 3.05) is 33.8 Å². The van der Waals surface area contributed by atoms with Gasteiger partial charge in [-0.05, 0) is 32.2 Å². The smallest absolute Gasteiger partial charge is 0.253 e. The molecule has 0 aromatic heterocycles. The van der Waals surface area contributed by atoms with Crippen LogP contribution in [0.2, 0.25) is 0 Å². The third-order valence-corrected chi connectivity index (χ3v) is 5.06. The van der Waals surface area contributed by atoms with Crippen molar-refractivity contribution in [3.05, 3.63) is 23.8 Å². The van der Waals surface area contributed by atoms with Gasteiger partial charge in [0.15, 0.2) is 0 Å². The first kappa shape index (κ1) is 16.7. The molecule has 1 aromatic carbocycles. The largest absolute Gasteiger partial charge is 0.495 e. The first-order chi connectivity index (χ1) is 10.4. The summed E-state index contributed by atoms with van der Waals surface area (Å²) in [5.41, 5.74) is 0.337. The Kier molecular flexibility index (Phi) is 5.05. The summed E-state index contributed by atoms with van der Waals surface area (Å²) in [4.78, 5) is 14.2. The summed E-state index contributed by atoms with van der Waals surface area (Å²) >= 11 is 0. The highest BCUT2D eigenvalue weighted by atomic mass is 32.2. The second-order valence-corrected chi connectivity index (χ2v) is 7.03. The molecule has 0 unspecified atom stereocenters. The summed E-state index contributed by atoms with van der Waals surface area (Å²) in [7, 11) is -0.984. The number of amides is 1. The Morgan fingerprint density at radius 2 is 2.18 bits per heavy atom. The molecular weight excluding hydrogens is 306 g/mol. The maximum absolute atomic E-state index is 12.6. The molecule has 1 aliphatic heterocycles. The molecule has 2 N–H and O–H groups in total. The first-order valence-electron chi connectivity index (χ1n) is 7.03. The molecule has 2 rings (SSSR count). The molecule has 0 radical (unpaired) electrons. The zero-order valence-corrected chi connectivity index (χ0v) is 13.7. The third kappa shape index (κ3) is 3.40. The van der Waals surface area contributed by atoms with E-state index in [1.54, 1.807) is 11.0 Å². The normalized spacial score (nSPS) is 19.0. The van der Waals surface area contributed by atoms with Gasteiger partial charge in [0.25, 0.3) is 5.91 Å². The summed E-state index contributed by atoms with van der Waals surface area (Å²) in [5.74, 6) is 0.0307. The van der Waals surface area contributed by atoms with Crippen LogP contribution in [-0.2, 0) is 10.0 Å². The maximum atomic E-state index is 12.6. The number of ether oxygens (including phenoxy) is 1. The van der Waals surface area contributed by atoms with Gasteiger partial charge < -0.3 is 15.0 Å². The van der Waals surface area contributed by atoms with Crippen molar-refractivity contribution >= 4 is 15.9 Å². The fourth-order valence-corrected chi connectivity index (χ4v) is 3.35. The fraction of sp³-hybridized carbons (Fsp3) is 0.500. The second kappa shape index (κ2) is 6.64. The van der Waals surface area contributed by atoms with Gasteiger partial charge in [0.1, 0.15) is 10.6 Å². The van der Waals surface area contributed by atoms with Gasteiger partial charge in [0, 0.05) is 31.2 Å². The number of nitrogens with zero attached hydrogens (tertiary/aromatic N) is 1. The summed E-state index contributed by atoms with van der Waals surface area (Å²) in [6.07, 6.45) is 0. The van der Waals surface area contributed by atoms with Crippen LogP contribution < -0.4 is 14.8 Å². The van der Waals surface area contributed by atoms with Crippen LogP contribution in [0.5, 0.6) is 5.75 Å². The molecule has 7 nitrogen and oxygen atoms in total. The molecule has 0 bridgehead atoms. The van der Waals surface area contributed by atoms with E-state index in [1.807, 2.05) is 6.92 Å². The Morgan fingerprint density at radius 1 is 1.45 bits per heavy atom. The average molecular weight is 327 g/mol. The summed E-state index contributed by atoms with van der Waals surface area (Å²) in [6, 6.07) is 4.67. The van der Waals surface area contributed by atoms with Gasteiger partial charge in [-0.1, -0.05) is 0 Å². The molecular formula is C14H21N3O4S. The van der Waals surface area contributed by atoms with E-state index in [4.69, 9.17) is 4.74 Å². The van der Waals surface area contributed by atoms with Crippen molar-refractivity contribution in [2.24, 2.45) is 0 Å². The minimum atomic E-state index is -3.70. The zero-order chi connectivity index (χ0) is 16.3. The van der Waals surface area contributed by atoms with Gasteiger partial charge in [0.2, 0.25) is 10.0 Å². The van der Waals surface area contributed by atoms with Crippen LogP contribution in [0.4, 0.5) is 0 Å². The molecule has 1 saturated heterocycles. The van der Waals surface area contributed by atoms with Crippen molar-refractivity contribution in [1.29, 1.82) is 0 Å². The molecule has 0 saturated carbocycles. The predicted octanol–water partition coefficient (Wildman–Crippen LogP) is 0.0372. The van der Waals surface area contributed by atoms with Gasteiger partial charge in [0.05, 0.1) is 7.11 Å². The highest BCUT2D eigenvalue weighted by Gasteiger charge is 2.25. The van der Waals surface area contributed by atoms with E-state index in [-0.39, 0.29) is 22.6 Å². The topological polar surface area (TPSA) is 87.7 Å². The lowest BCUT2D eigenvalue weighted by molar-refractivity contribution is 0.0709. The Balaban J connectivity index is 2.36. The highest BCUT2D eigenvalue weighted by Crippen LogP contribution is 2.25. The first-order valence-corrected chi connectivity index (χ1v) is 8.51. The Labute approximate surface area is 130 Å². The van der Waals surface area contributed by atoms with Gasteiger partial charge in [-0.15, -0.1) is 0 Å². The lowest BCUT2D eigenvalue weighted by Crippen LogP contribution is -2.51. The quantitative estimate of drug-likeness (QED) is 0.815. The molecule has 1 amide bonds. The van der Waals surface area contributed by atoms with E-state index in [2.05, 4.69) is 10.0 Å². The molecule has 8 heteroatoms. The van der Waals surface area contributed by atoms with Crippen LogP contribution in [0.3, 0.4) is 0 Å². The third-order valence-electron chi connectivity index (χ3n) is 3.62. The Morgan fingerprint density at radius 3 is 2.77 bits per heavy atom. The van der Waals surface area contributed by atoms with Crippen LogP contribution in [0.15, 0.2) is 23.1 Å². The molecule has 1 fully saturated rings. The van der Waals surface area contributed by atoms with Gasteiger partial charge in [-0.3, -0.25) is 4.79 Å². The molecule has 22 heavy (non-hydrogen) atoms.